The van der Waals surface area contributed by atoms with Gasteiger partial charge in [-0.2, -0.15) is 4.90 Å². The van der Waals surface area contributed by atoms with Crippen LogP contribution in [0.2, 0.25) is 0 Å². The Bertz CT molecular complexity index is 1540. The van der Waals surface area contributed by atoms with Crippen molar-refractivity contribution in [3.05, 3.63) is 87.9 Å². The molecule has 0 aliphatic rings. The molecular weight excluding hydrogens is 534 g/mol. The predicted molar refractivity (Wildman–Crippen MR) is 154 cm³/mol. The van der Waals surface area contributed by atoms with E-state index in [4.69, 9.17) is 22.7 Å². The monoisotopic (exact) mass is 563 g/mol. The minimum Gasteiger partial charge on any atom is -0.444 e. The molecular formula is C28H29N5O4S2. The van der Waals surface area contributed by atoms with Crippen molar-refractivity contribution in [1.29, 1.82) is 0 Å². The lowest BCUT2D eigenvalue weighted by Gasteiger charge is -2.31. The van der Waals surface area contributed by atoms with Crippen LogP contribution in [0.1, 0.15) is 31.9 Å². The maximum absolute atomic E-state index is 13.8. The number of aromatic nitrogens is 2. The zero-order chi connectivity index (χ0) is 28.2. The highest BCUT2D eigenvalue weighted by molar-refractivity contribution is 7.73. The molecule has 11 heteroatoms. The number of fused-ring (bicyclic) bond motifs is 1. The summed E-state index contributed by atoms with van der Waals surface area (Å²) >= 11 is 6.06. The highest BCUT2D eigenvalue weighted by Crippen LogP contribution is 2.28. The van der Waals surface area contributed by atoms with Crippen LogP contribution >= 0.6 is 23.6 Å². The summed E-state index contributed by atoms with van der Waals surface area (Å²) in [5.74, 6) is -1.69. The van der Waals surface area contributed by atoms with Crippen LogP contribution in [0.3, 0.4) is 0 Å². The number of nitrogens with zero attached hydrogens (tertiary/aromatic N) is 2. The number of rotatable bonds is 8. The molecule has 0 unspecified atom stereocenters. The number of carbonyl (C=O) groups excluding carboxylic acids is 3. The first-order chi connectivity index (χ1) is 18.6. The van der Waals surface area contributed by atoms with Crippen molar-refractivity contribution in [1.82, 2.24) is 15.5 Å². The molecule has 3 amide bonds. The van der Waals surface area contributed by atoms with Gasteiger partial charge in [0.2, 0.25) is 11.0 Å². The highest BCUT2D eigenvalue weighted by Gasteiger charge is 2.40. The molecule has 4 rings (SSSR count). The molecule has 39 heavy (non-hydrogen) atoms. The van der Waals surface area contributed by atoms with E-state index in [1.807, 2.05) is 54.6 Å². The van der Waals surface area contributed by atoms with Gasteiger partial charge in [0, 0.05) is 0 Å². The topological polar surface area (TPSA) is 130 Å². The van der Waals surface area contributed by atoms with Crippen molar-refractivity contribution >= 4 is 57.4 Å². The number of amides is 3. The normalized spacial score (nSPS) is 13.5. The van der Waals surface area contributed by atoms with Crippen molar-refractivity contribution in [3.8, 4) is 0 Å². The fourth-order valence-corrected chi connectivity index (χ4v) is 4.98. The highest BCUT2D eigenvalue weighted by atomic mass is 32.1. The third kappa shape index (κ3) is 6.22. The summed E-state index contributed by atoms with van der Waals surface area (Å²) in [4.78, 5) is 41.5. The van der Waals surface area contributed by atoms with Crippen molar-refractivity contribution in [2.75, 3.05) is 4.90 Å². The van der Waals surface area contributed by atoms with Gasteiger partial charge in [-0.1, -0.05) is 98.0 Å². The summed E-state index contributed by atoms with van der Waals surface area (Å²) in [5, 5.41) is 11.2. The molecule has 0 bridgehead atoms. The third-order valence-electron chi connectivity index (χ3n) is 6.27. The zero-order valence-electron chi connectivity index (χ0n) is 21.7. The number of nitrogens with two attached hydrogens (primary N) is 1. The fourth-order valence-electron chi connectivity index (χ4n) is 4.11. The van der Waals surface area contributed by atoms with Gasteiger partial charge in [0.15, 0.2) is 3.95 Å². The standard InChI is InChI=1S/C28H29N5O4S2/c1-17(2)22(30-24(35)28(3,29)21-15-9-13-19-12-7-8-14-20(19)21)23(34)33(25-31-32-26(38)39-25)27(36)37-16-18-10-5-4-6-11-18/h4-15,17,22H,16,29H2,1-3H3,(H,30,35)(H,32,38)/t22-,28+/m0/s1. The third-order valence-corrected chi connectivity index (χ3v) is 7.34. The predicted octanol–water partition coefficient (Wildman–Crippen LogP) is 5.04. The molecule has 3 aromatic carbocycles. The molecule has 0 aliphatic heterocycles. The van der Waals surface area contributed by atoms with Crippen LogP contribution in [-0.2, 0) is 26.5 Å². The smallest absolute Gasteiger partial charge is 0.423 e. The summed E-state index contributed by atoms with van der Waals surface area (Å²) in [7, 11) is 0. The Hall–Kier alpha value is -3.93. The van der Waals surface area contributed by atoms with Crippen molar-refractivity contribution < 1.29 is 19.1 Å². The van der Waals surface area contributed by atoms with Crippen molar-refractivity contribution in [2.24, 2.45) is 11.7 Å². The Kier molecular flexibility index (Phi) is 8.54. The second-order valence-corrected chi connectivity index (χ2v) is 11.2. The molecule has 1 heterocycles. The van der Waals surface area contributed by atoms with E-state index < -0.39 is 35.4 Å². The Balaban J connectivity index is 1.61. The quantitative estimate of drug-likeness (QED) is 0.256. The molecule has 1 aromatic heterocycles. The molecule has 202 valence electrons. The lowest BCUT2D eigenvalue weighted by molar-refractivity contribution is -0.131. The number of carbonyl (C=O) groups is 3. The van der Waals surface area contributed by atoms with E-state index in [-0.39, 0.29) is 15.7 Å². The Morgan fingerprint density at radius 2 is 1.74 bits per heavy atom. The van der Waals surface area contributed by atoms with Gasteiger partial charge in [0.05, 0.1) is 0 Å². The van der Waals surface area contributed by atoms with Crippen LogP contribution in [-0.4, -0.2) is 34.1 Å². The lowest BCUT2D eigenvalue weighted by atomic mass is 9.87. The Morgan fingerprint density at radius 3 is 2.41 bits per heavy atom. The SMILES string of the molecule is CC(C)[C@H](NC(=O)[C@](C)(N)c1cccc2ccccc12)C(=O)N(C(=O)OCc1ccccc1)c1n[nH]c(=S)s1. The summed E-state index contributed by atoms with van der Waals surface area (Å²) in [6, 6.07) is 21.1. The number of aromatic amines is 1. The number of anilines is 1. The van der Waals surface area contributed by atoms with E-state index in [0.29, 0.717) is 5.56 Å². The number of hydrogen-bond donors (Lipinski definition) is 3. The minimum absolute atomic E-state index is 0.00697. The van der Waals surface area contributed by atoms with E-state index in [0.717, 1.165) is 32.6 Å². The molecule has 0 fully saturated rings. The molecule has 0 radical (unpaired) electrons. The maximum atomic E-state index is 13.8. The number of nitrogens with one attached hydrogen (secondary N) is 2. The molecule has 0 saturated heterocycles. The molecule has 2 atom stereocenters. The van der Waals surface area contributed by atoms with Gasteiger partial charge in [-0.25, -0.2) is 4.79 Å². The van der Waals surface area contributed by atoms with Crippen LogP contribution < -0.4 is 16.0 Å². The van der Waals surface area contributed by atoms with Gasteiger partial charge in [0.1, 0.15) is 18.2 Å². The molecule has 0 aliphatic carbocycles. The van der Waals surface area contributed by atoms with E-state index in [2.05, 4.69) is 15.5 Å². The van der Waals surface area contributed by atoms with Gasteiger partial charge in [-0.05, 0) is 47.0 Å². The van der Waals surface area contributed by atoms with Gasteiger partial charge in [-0.3, -0.25) is 14.7 Å². The largest absolute Gasteiger partial charge is 0.444 e. The molecule has 9 nitrogen and oxygen atoms in total. The second kappa shape index (κ2) is 11.9. The van der Waals surface area contributed by atoms with Crippen molar-refractivity contribution in [2.45, 2.75) is 39.0 Å². The second-order valence-electron chi connectivity index (χ2n) is 9.53. The zero-order valence-corrected chi connectivity index (χ0v) is 23.3. The number of ether oxygens (including phenoxy) is 1. The van der Waals surface area contributed by atoms with Crippen LogP contribution in [0.5, 0.6) is 0 Å². The number of H-pyrrole nitrogens is 1. The fraction of sp³-hybridized carbons (Fsp3) is 0.250. The maximum Gasteiger partial charge on any atom is 0.423 e. The average molecular weight is 564 g/mol. The lowest BCUT2D eigenvalue weighted by Crippen LogP contribution is -2.58. The van der Waals surface area contributed by atoms with Crippen LogP contribution in [0.4, 0.5) is 9.93 Å². The summed E-state index contributed by atoms with van der Waals surface area (Å²) in [6.07, 6.45) is -0.939. The molecule has 0 spiro atoms. The Morgan fingerprint density at radius 1 is 1.08 bits per heavy atom. The average Bonchev–Trinajstić information content (AvgIpc) is 3.35. The van der Waals surface area contributed by atoms with Crippen LogP contribution in [0, 0.1) is 9.87 Å². The van der Waals surface area contributed by atoms with Gasteiger partial charge in [-0.15, -0.1) is 5.10 Å². The molecule has 4 N–H and O–H groups in total. The molecule has 0 saturated carbocycles. The first kappa shape index (κ1) is 28.1. The van der Waals surface area contributed by atoms with Crippen LogP contribution in [0.15, 0.2) is 72.8 Å². The summed E-state index contributed by atoms with van der Waals surface area (Å²) in [6.45, 7) is 5.06. The van der Waals surface area contributed by atoms with Crippen molar-refractivity contribution in [3.63, 3.8) is 0 Å². The number of benzene rings is 3. The van der Waals surface area contributed by atoms with Gasteiger partial charge in [0.25, 0.3) is 5.91 Å². The van der Waals surface area contributed by atoms with E-state index >= 15 is 0 Å². The van der Waals surface area contributed by atoms with E-state index in [1.54, 1.807) is 39.0 Å². The van der Waals surface area contributed by atoms with Crippen LogP contribution in [0.25, 0.3) is 10.8 Å². The first-order valence-corrected chi connectivity index (χ1v) is 13.5. The van der Waals surface area contributed by atoms with E-state index in [1.165, 1.54) is 0 Å². The summed E-state index contributed by atoms with van der Waals surface area (Å²) in [5.41, 5.74) is 6.48. The van der Waals surface area contributed by atoms with Gasteiger partial charge < -0.3 is 15.8 Å². The van der Waals surface area contributed by atoms with E-state index in [9.17, 15) is 14.4 Å². The minimum atomic E-state index is -1.48. The number of hydrogen-bond acceptors (Lipinski definition) is 8. The van der Waals surface area contributed by atoms with Gasteiger partial charge >= 0.3 is 6.09 Å². The first-order valence-electron chi connectivity index (χ1n) is 12.3. The summed E-state index contributed by atoms with van der Waals surface area (Å²) < 4.78 is 5.71. The Labute approximate surface area is 235 Å². The molecule has 4 aromatic rings. The number of imide groups is 1.